The minimum absolute atomic E-state index is 0.107. The van der Waals surface area contributed by atoms with Crippen LogP contribution < -0.4 is 4.74 Å². The average Bonchev–Trinajstić information content (AvgIpc) is 2.47. The Hall–Kier alpha value is -2.94. The number of rotatable bonds is 4. The molecular weight excluding hydrogens is 258 g/mol. The van der Waals surface area contributed by atoms with Crippen molar-refractivity contribution >= 4 is 5.69 Å². The highest BCUT2D eigenvalue weighted by Crippen LogP contribution is 2.27. The maximum absolute atomic E-state index is 10.7. The molecule has 0 saturated heterocycles. The van der Waals surface area contributed by atoms with Gasteiger partial charge in [0.1, 0.15) is 6.07 Å². The molecule has 0 aliphatic carbocycles. The lowest BCUT2D eigenvalue weighted by Crippen LogP contribution is -1.95. The molecule has 2 rings (SSSR count). The number of aromatic nitrogens is 1. The Morgan fingerprint density at radius 1 is 1.40 bits per heavy atom. The predicted molar refractivity (Wildman–Crippen MR) is 72.2 cm³/mol. The van der Waals surface area contributed by atoms with Crippen molar-refractivity contribution in [2.75, 3.05) is 6.61 Å². The summed E-state index contributed by atoms with van der Waals surface area (Å²) >= 11 is 0. The summed E-state index contributed by atoms with van der Waals surface area (Å²) in [5.41, 5.74) is 1.45. The summed E-state index contributed by atoms with van der Waals surface area (Å²) in [5.74, 6) is 0.497. The van der Waals surface area contributed by atoms with Crippen LogP contribution in [0, 0.1) is 21.4 Å². The molecule has 0 aliphatic heterocycles. The molecule has 0 saturated carbocycles. The summed E-state index contributed by atoms with van der Waals surface area (Å²) in [4.78, 5) is 14.3. The number of pyridine rings is 1. The summed E-state index contributed by atoms with van der Waals surface area (Å²) < 4.78 is 5.24. The molecule has 2 aromatic rings. The summed E-state index contributed by atoms with van der Waals surface area (Å²) in [6.45, 7) is 2.38. The van der Waals surface area contributed by atoms with Gasteiger partial charge >= 0.3 is 0 Å². The van der Waals surface area contributed by atoms with Gasteiger partial charge in [-0.3, -0.25) is 10.1 Å². The number of non-ortho nitro benzene ring substituents is 1. The molecule has 6 heteroatoms. The molecule has 0 atom stereocenters. The Balaban J connectivity index is 2.42. The van der Waals surface area contributed by atoms with E-state index in [0.717, 1.165) is 0 Å². The third-order valence-electron chi connectivity index (χ3n) is 2.67. The minimum atomic E-state index is -0.527. The monoisotopic (exact) mass is 269 g/mol. The summed E-state index contributed by atoms with van der Waals surface area (Å²) in [6.07, 6.45) is 1.58. The molecule has 0 radical (unpaired) electrons. The number of hydrogen-bond acceptors (Lipinski definition) is 5. The van der Waals surface area contributed by atoms with Gasteiger partial charge in [0.05, 0.1) is 17.1 Å². The smallest absolute Gasteiger partial charge is 0.270 e. The first-order valence-corrected chi connectivity index (χ1v) is 5.93. The lowest BCUT2D eigenvalue weighted by molar-refractivity contribution is -0.384. The molecule has 1 heterocycles. The van der Waals surface area contributed by atoms with Crippen LogP contribution in [-0.2, 0) is 0 Å². The maximum atomic E-state index is 10.7. The van der Waals surface area contributed by atoms with Crippen molar-refractivity contribution in [1.29, 1.82) is 5.26 Å². The number of hydrogen-bond donors (Lipinski definition) is 0. The largest absolute Gasteiger partial charge is 0.478 e. The fraction of sp³-hybridized carbons (Fsp3) is 0.143. The van der Waals surface area contributed by atoms with E-state index in [9.17, 15) is 10.1 Å². The number of ether oxygens (including phenoxy) is 1. The van der Waals surface area contributed by atoms with Gasteiger partial charge in [0.25, 0.3) is 5.69 Å². The third-order valence-corrected chi connectivity index (χ3v) is 2.67. The molecule has 100 valence electrons. The first-order valence-electron chi connectivity index (χ1n) is 5.93. The van der Waals surface area contributed by atoms with Gasteiger partial charge in [-0.15, -0.1) is 0 Å². The Kier molecular flexibility index (Phi) is 3.91. The van der Waals surface area contributed by atoms with Crippen molar-refractivity contribution in [3.05, 3.63) is 52.2 Å². The standard InChI is InChI=1S/C14H11N3O3/c1-2-20-14-6-3-10(9-16-14)13-5-4-12(17(18)19)7-11(13)8-15/h3-7,9H,2H2,1H3. The highest BCUT2D eigenvalue weighted by Gasteiger charge is 2.12. The fourth-order valence-corrected chi connectivity index (χ4v) is 1.76. The van der Waals surface area contributed by atoms with Crippen LogP contribution in [0.25, 0.3) is 11.1 Å². The van der Waals surface area contributed by atoms with E-state index in [4.69, 9.17) is 10.00 Å². The lowest BCUT2D eigenvalue weighted by Gasteiger charge is -2.05. The van der Waals surface area contributed by atoms with Gasteiger partial charge in [0.2, 0.25) is 5.88 Å². The molecule has 1 aromatic heterocycles. The molecule has 20 heavy (non-hydrogen) atoms. The van der Waals surface area contributed by atoms with Gasteiger partial charge in [-0.2, -0.15) is 5.26 Å². The van der Waals surface area contributed by atoms with Crippen molar-refractivity contribution in [3.63, 3.8) is 0 Å². The number of nitro groups is 1. The molecule has 0 unspecified atom stereocenters. The van der Waals surface area contributed by atoms with Gasteiger partial charge in [-0.05, 0) is 19.1 Å². The second-order valence-corrected chi connectivity index (χ2v) is 3.92. The molecule has 1 aromatic carbocycles. The second-order valence-electron chi connectivity index (χ2n) is 3.92. The number of nitriles is 1. The van der Waals surface area contributed by atoms with Gasteiger partial charge in [-0.1, -0.05) is 0 Å². The minimum Gasteiger partial charge on any atom is -0.478 e. The van der Waals surface area contributed by atoms with E-state index >= 15 is 0 Å². The summed E-state index contributed by atoms with van der Waals surface area (Å²) in [6, 6.07) is 9.60. The Labute approximate surface area is 115 Å². The van der Waals surface area contributed by atoms with E-state index in [1.165, 1.54) is 12.1 Å². The maximum Gasteiger partial charge on any atom is 0.270 e. The van der Waals surface area contributed by atoms with E-state index < -0.39 is 4.92 Å². The zero-order valence-corrected chi connectivity index (χ0v) is 10.7. The highest BCUT2D eigenvalue weighted by molar-refractivity contribution is 5.71. The quantitative estimate of drug-likeness (QED) is 0.628. The molecule has 6 nitrogen and oxygen atoms in total. The molecule has 0 bridgehead atoms. The summed E-state index contributed by atoms with van der Waals surface area (Å²) in [7, 11) is 0. The van der Waals surface area contributed by atoms with Crippen LogP contribution in [0.5, 0.6) is 5.88 Å². The normalized spacial score (nSPS) is 9.80. The van der Waals surface area contributed by atoms with Gasteiger partial charge in [-0.25, -0.2) is 4.98 Å². The van der Waals surface area contributed by atoms with E-state index in [2.05, 4.69) is 4.98 Å². The number of benzene rings is 1. The summed E-state index contributed by atoms with van der Waals surface area (Å²) in [5, 5.41) is 19.8. The first-order chi connectivity index (χ1) is 9.65. The van der Waals surface area contributed by atoms with Crippen LogP contribution in [0.3, 0.4) is 0 Å². The van der Waals surface area contributed by atoms with Gasteiger partial charge in [0.15, 0.2) is 0 Å². The second kappa shape index (κ2) is 5.80. The SMILES string of the molecule is CCOc1ccc(-c2ccc([N+](=O)[O-])cc2C#N)cn1. The fourth-order valence-electron chi connectivity index (χ4n) is 1.76. The van der Waals surface area contributed by atoms with Crippen LogP contribution >= 0.6 is 0 Å². The first kappa shape index (κ1) is 13.5. The average molecular weight is 269 g/mol. The van der Waals surface area contributed by atoms with Crippen molar-refractivity contribution in [1.82, 2.24) is 4.98 Å². The number of nitrogens with zero attached hydrogens (tertiary/aromatic N) is 3. The molecular formula is C14H11N3O3. The van der Waals surface area contributed by atoms with E-state index in [0.29, 0.717) is 23.6 Å². The predicted octanol–water partition coefficient (Wildman–Crippen LogP) is 2.93. The van der Waals surface area contributed by atoms with Crippen LogP contribution in [-0.4, -0.2) is 16.5 Å². The molecule has 0 N–H and O–H groups in total. The van der Waals surface area contributed by atoms with Crippen LogP contribution in [0.15, 0.2) is 36.5 Å². The highest BCUT2D eigenvalue weighted by atomic mass is 16.6. The Morgan fingerprint density at radius 3 is 2.75 bits per heavy atom. The van der Waals surface area contributed by atoms with Crippen molar-refractivity contribution in [2.45, 2.75) is 6.92 Å². The van der Waals surface area contributed by atoms with E-state index in [-0.39, 0.29) is 11.3 Å². The van der Waals surface area contributed by atoms with E-state index in [1.807, 2.05) is 13.0 Å². The van der Waals surface area contributed by atoms with Crippen LogP contribution in [0.1, 0.15) is 12.5 Å². The van der Waals surface area contributed by atoms with Crippen molar-refractivity contribution in [3.8, 4) is 23.1 Å². The van der Waals surface area contributed by atoms with Crippen molar-refractivity contribution < 1.29 is 9.66 Å². The zero-order valence-electron chi connectivity index (χ0n) is 10.7. The van der Waals surface area contributed by atoms with E-state index in [1.54, 1.807) is 24.4 Å². The zero-order chi connectivity index (χ0) is 14.5. The van der Waals surface area contributed by atoms with Gasteiger partial charge in [0, 0.05) is 35.5 Å². The van der Waals surface area contributed by atoms with Crippen LogP contribution in [0.4, 0.5) is 5.69 Å². The molecule has 0 fully saturated rings. The van der Waals surface area contributed by atoms with Crippen LogP contribution in [0.2, 0.25) is 0 Å². The molecule has 0 amide bonds. The third kappa shape index (κ3) is 2.72. The lowest BCUT2D eigenvalue weighted by atomic mass is 10.0. The topological polar surface area (TPSA) is 89.0 Å². The number of nitro benzene ring substituents is 1. The Bertz CT molecular complexity index is 675. The molecule has 0 spiro atoms. The molecule has 0 aliphatic rings. The Morgan fingerprint density at radius 2 is 2.20 bits per heavy atom. The van der Waals surface area contributed by atoms with Gasteiger partial charge < -0.3 is 4.74 Å². The van der Waals surface area contributed by atoms with Crippen molar-refractivity contribution in [2.24, 2.45) is 0 Å².